The summed E-state index contributed by atoms with van der Waals surface area (Å²) in [6.45, 7) is 39.9. The molecule has 3 heterocycles. The predicted molar refractivity (Wildman–Crippen MR) is 285 cm³/mol. The molecule has 6 aromatic rings. The highest BCUT2D eigenvalue weighted by Crippen LogP contribution is 2.52. The van der Waals surface area contributed by atoms with Gasteiger partial charge in [-0.15, -0.1) is 11.3 Å². The lowest BCUT2D eigenvalue weighted by molar-refractivity contribution is 0.568. The number of benzene rings is 5. The lowest BCUT2D eigenvalue weighted by atomic mass is 9.36. The maximum absolute atomic E-state index is 9.57. The van der Waals surface area contributed by atoms with E-state index in [0.717, 1.165) is 70.9 Å². The maximum Gasteiger partial charge on any atom is 0.264 e. The van der Waals surface area contributed by atoms with Crippen LogP contribution in [0.3, 0.4) is 0 Å². The molecule has 0 N–H and O–H groups in total. The van der Waals surface area contributed by atoms with E-state index in [-0.39, 0.29) is 43.6 Å². The molecule has 0 fully saturated rings. The van der Waals surface area contributed by atoms with Crippen molar-refractivity contribution in [3.8, 4) is 0 Å². The van der Waals surface area contributed by atoms with Gasteiger partial charge >= 0.3 is 0 Å². The zero-order chi connectivity index (χ0) is 53.6. The average molecular weight is 875 g/mol. The molecule has 2 aliphatic heterocycles. The monoisotopic (exact) mass is 875 g/mol. The first-order valence-electron chi connectivity index (χ1n) is 27.4. The zero-order valence-corrected chi connectivity index (χ0v) is 42.7. The summed E-state index contributed by atoms with van der Waals surface area (Å²) < 4.78 is 76.9. The summed E-state index contributed by atoms with van der Waals surface area (Å²) in [6, 6.07) is 28.6. The molecule has 0 bridgehead atoms. The summed E-state index contributed by atoms with van der Waals surface area (Å²) in [4.78, 5) is 4.72. The fourth-order valence-electron chi connectivity index (χ4n) is 9.77. The van der Waals surface area contributed by atoms with Crippen molar-refractivity contribution in [3.63, 3.8) is 0 Å². The minimum atomic E-state index is -3.22. The highest BCUT2D eigenvalue weighted by atomic mass is 32.1. The van der Waals surface area contributed by atoms with Gasteiger partial charge in [-0.25, -0.2) is 0 Å². The Morgan fingerprint density at radius 1 is 0.469 bits per heavy atom. The van der Waals surface area contributed by atoms with Crippen molar-refractivity contribution in [1.29, 1.82) is 0 Å². The van der Waals surface area contributed by atoms with Gasteiger partial charge < -0.3 is 9.80 Å². The summed E-state index contributed by atoms with van der Waals surface area (Å²) in [6.07, 6.45) is -12.2. The first-order chi connectivity index (χ1) is 32.5. The number of aryl methyl sites for hydroxylation is 2. The van der Waals surface area contributed by atoms with Crippen molar-refractivity contribution in [2.24, 2.45) is 0 Å². The van der Waals surface area contributed by atoms with E-state index >= 15 is 0 Å². The van der Waals surface area contributed by atoms with Crippen LogP contribution in [0.15, 0.2) is 78.9 Å². The first kappa shape index (κ1) is 35.9. The molecule has 5 aromatic carbocycles. The fraction of sp³-hybridized carbons (Fsp3) is 0.467. The average Bonchev–Trinajstić information content (AvgIpc) is 3.61. The van der Waals surface area contributed by atoms with Gasteiger partial charge in [-0.05, 0) is 162 Å². The molecule has 0 radical (unpaired) electrons. The fourth-order valence-corrected chi connectivity index (χ4v) is 11.2. The second-order valence-corrected chi connectivity index (χ2v) is 26.1. The number of hydrogen-bond donors (Lipinski definition) is 0. The van der Waals surface area contributed by atoms with Gasteiger partial charge in [0.2, 0.25) is 0 Å². The SMILES string of the molecule is [2H]C1([2H])c2cc3c(cc2C([2H])([2H])C([2H])([2H])C1([2H])[2H])N(c1cc(C(C)(C)C)cc(C(C)(C)C)c1)c1cc(C(C)(C)C)cc2c1B3c1sc3cc(C(C)(C)C)cc(C(C)(C)C)c3c1N2c1ccc(C(C)(C)C)cc1. The number of anilines is 6. The van der Waals surface area contributed by atoms with E-state index in [0.29, 0.717) is 5.69 Å². The van der Waals surface area contributed by atoms with Crippen molar-refractivity contribution >= 4 is 78.0 Å². The lowest BCUT2D eigenvalue weighted by Gasteiger charge is -2.45. The van der Waals surface area contributed by atoms with E-state index in [9.17, 15) is 5.48 Å². The molecule has 1 aliphatic carbocycles. The topological polar surface area (TPSA) is 6.48 Å². The molecule has 4 heteroatoms. The highest BCUT2D eigenvalue weighted by Gasteiger charge is 2.47. The first-order valence-corrected chi connectivity index (χ1v) is 24.2. The van der Waals surface area contributed by atoms with Crippen molar-refractivity contribution in [1.82, 2.24) is 0 Å². The Morgan fingerprint density at radius 3 is 1.47 bits per heavy atom. The van der Waals surface area contributed by atoms with Crippen LogP contribution < -0.4 is 25.5 Å². The van der Waals surface area contributed by atoms with Crippen LogP contribution >= 0.6 is 11.3 Å². The summed E-state index contributed by atoms with van der Waals surface area (Å²) in [5, 5.41) is 1.16. The molecular formula is C60H75BN2S. The normalized spacial score (nSPS) is 20.6. The standard InChI is InChI=1S/C60H75BN2S/c1-55(2,3)38-23-25-43(26-24-38)63-49-34-42(59(13,14)15)33-48-52(49)61(54-53(63)51-45(60(16,17)18)32-41(58(10,11)12)35-50(51)64-54)46-27-36-21-19-20-22-37(36)28-47(46)62(48)44-30-39(56(4,5)6)29-40(31-44)57(7,8)9/h23-35H,19-22H2,1-18H3/i19D2,20D2,21D2,22D2. The van der Waals surface area contributed by atoms with Crippen molar-refractivity contribution in [3.05, 3.63) is 123 Å². The van der Waals surface area contributed by atoms with Crippen LogP contribution in [-0.2, 0) is 45.2 Å². The molecule has 0 atom stereocenters. The van der Waals surface area contributed by atoms with Crippen LogP contribution in [0.5, 0.6) is 0 Å². The minimum absolute atomic E-state index is 0.0768. The van der Waals surface area contributed by atoms with Crippen LogP contribution in [0, 0.1) is 0 Å². The molecule has 0 saturated carbocycles. The Hall–Kier alpha value is -4.28. The van der Waals surface area contributed by atoms with E-state index in [1.807, 2.05) is 0 Å². The molecule has 64 heavy (non-hydrogen) atoms. The summed E-state index contributed by atoms with van der Waals surface area (Å²) >= 11 is 1.76. The summed E-state index contributed by atoms with van der Waals surface area (Å²) in [5.74, 6) is 0. The molecule has 0 amide bonds. The van der Waals surface area contributed by atoms with Crippen LogP contribution in [0.1, 0.15) is 193 Å². The molecule has 0 saturated heterocycles. The molecule has 1 aromatic heterocycles. The van der Waals surface area contributed by atoms with Gasteiger partial charge in [0.05, 0.1) is 5.69 Å². The number of nitrogens with zero attached hydrogens (tertiary/aromatic N) is 2. The third kappa shape index (κ3) is 7.56. The predicted octanol–water partition coefficient (Wildman–Crippen LogP) is 15.6. The molecule has 2 nitrogen and oxygen atoms in total. The Balaban J connectivity index is 1.54. The summed E-state index contributed by atoms with van der Waals surface area (Å²) in [7, 11) is 0. The number of thiophene rings is 1. The van der Waals surface area contributed by atoms with Crippen molar-refractivity contribution in [2.45, 2.75) is 183 Å². The van der Waals surface area contributed by atoms with Gasteiger partial charge in [0.15, 0.2) is 0 Å². The van der Waals surface area contributed by atoms with E-state index in [2.05, 4.69) is 201 Å². The lowest BCUT2D eigenvalue weighted by Crippen LogP contribution is -2.60. The van der Waals surface area contributed by atoms with Gasteiger partial charge in [-0.2, -0.15) is 0 Å². The Morgan fingerprint density at radius 2 is 0.953 bits per heavy atom. The van der Waals surface area contributed by atoms with Gasteiger partial charge in [0, 0.05) is 54.3 Å². The molecular weight excluding hydrogens is 792 g/mol. The van der Waals surface area contributed by atoms with Crippen LogP contribution in [-0.4, -0.2) is 6.71 Å². The third-order valence-electron chi connectivity index (χ3n) is 13.8. The second-order valence-electron chi connectivity index (χ2n) is 25.0. The minimum Gasteiger partial charge on any atom is -0.311 e. The third-order valence-corrected chi connectivity index (χ3v) is 15.0. The quantitative estimate of drug-likeness (QED) is 0.160. The molecule has 0 spiro atoms. The Kier molecular flexibility index (Phi) is 8.20. The van der Waals surface area contributed by atoms with Crippen LogP contribution in [0.2, 0.25) is 0 Å². The Labute approximate surface area is 403 Å². The summed E-state index contributed by atoms with van der Waals surface area (Å²) in [5.41, 5.74) is 12.6. The van der Waals surface area contributed by atoms with Crippen molar-refractivity contribution in [2.75, 3.05) is 9.80 Å². The molecule has 0 unspecified atom stereocenters. The smallest absolute Gasteiger partial charge is 0.264 e. The van der Waals surface area contributed by atoms with E-state index in [4.69, 9.17) is 5.48 Å². The van der Waals surface area contributed by atoms with Crippen molar-refractivity contribution < 1.29 is 11.0 Å². The van der Waals surface area contributed by atoms with Gasteiger partial charge in [-0.1, -0.05) is 155 Å². The highest BCUT2D eigenvalue weighted by molar-refractivity contribution is 7.33. The van der Waals surface area contributed by atoms with Crippen LogP contribution in [0.4, 0.5) is 34.1 Å². The molecule has 334 valence electrons. The number of hydrogen-bond acceptors (Lipinski definition) is 3. The molecule has 9 rings (SSSR count). The van der Waals surface area contributed by atoms with Gasteiger partial charge in [0.1, 0.15) is 0 Å². The maximum atomic E-state index is 9.57. The number of fused-ring (bicyclic) bond motifs is 7. The number of rotatable bonds is 2. The largest absolute Gasteiger partial charge is 0.311 e. The Bertz CT molecular complexity index is 3180. The van der Waals surface area contributed by atoms with Crippen LogP contribution in [0.25, 0.3) is 10.1 Å². The van der Waals surface area contributed by atoms with E-state index in [1.54, 1.807) is 23.5 Å². The van der Waals surface area contributed by atoms with E-state index in [1.165, 1.54) is 16.7 Å². The van der Waals surface area contributed by atoms with Gasteiger partial charge in [0.25, 0.3) is 6.71 Å². The second kappa shape index (κ2) is 14.6. The van der Waals surface area contributed by atoms with Gasteiger partial charge in [-0.3, -0.25) is 0 Å². The molecule has 3 aliphatic rings. The zero-order valence-electron chi connectivity index (χ0n) is 49.9. The van der Waals surface area contributed by atoms with E-state index < -0.39 is 32.2 Å².